The lowest BCUT2D eigenvalue weighted by molar-refractivity contribution is 0.207. The minimum atomic E-state index is 0.146. The molecule has 0 fully saturated rings. The molecular weight excluding hydrogens is 224 g/mol. The van der Waals surface area contributed by atoms with Crippen molar-refractivity contribution in [3.05, 3.63) is 36.0 Å². The Morgan fingerprint density at radius 3 is 2.89 bits per heavy atom. The summed E-state index contributed by atoms with van der Waals surface area (Å²) < 4.78 is 0. The molecular formula is C15H22N2O. The monoisotopic (exact) mass is 246 g/mol. The molecule has 1 aromatic carbocycles. The number of rotatable bonds is 6. The molecule has 18 heavy (non-hydrogen) atoms. The predicted molar refractivity (Wildman–Crippen MR) is 75.5 cm³/mol. The molecule has 3 N–H and O–H groups in total. The molecule has 0 unspecified atom stereocenters. The Morgan fingerprint density at radius 2 is 2.11 bits per heavy atom. The van der Waals surface area contributed by atoms with Crippen molar-refractivity contribution in [1.82, 2.24) is 10.3 Å². The van der Waals surface area contributed by atoms with Crippen molar-refractivity contribution in [3.63, 3.8) is 0 Å². The minimum Gasteiger partial charge on any atom is -0.396 e. The summed E-state index contributed by atoms with van der Waals surface area (Å²) in [5.74, 6) is 0. The van der Waals surface area contributed by atoms with E-state index in [1.807, 2.05) is 6.20 Å². The molecule has 98 valence electrons. The number of fused-ring (bicyclic) bond motifs is 1. The first-order valence-corrected chi connectivity index (χ1v) is 6.48. The zero-order valence-corrected chi connectivity index (χ0v) is 11.2. The van der Waals surface area contributed by atoms with Gasteiger partial charge in [0.25, 0.3) is 0 Å². The van der Waals surface area contributed by atoms with Crippen LogP contribution in [0.3, 0.4) is 0 Å². The van der Waals surface area contributed by atoms with Gasteiger partial charge >= 0.3 is 0 Å². The molecule has 0 aliphatic rings. The molecule has 0 bridgehead atoms. The van der Waals surface area contributed by atoms with Crippen molar-refractivity contribution >= 4 is 10.9 Å². The van der Waals surface area contributed by atoms with Crippen LogP contribution in [0.1, 0.15) is 25.8 Å². The van der Waals surface area contributed by atoms with Gasteiger partial charge in [0.05, 0.1) is 0 Å². The van der Waals surface area contributed by atoms with Gasteiger partial charge in [-0.15, -0.1) is 0 Å². The molecule has 1 aromatic heterocycles. The van der Waals surface area contributed by atoms with Crippen LogP contribution >= 0.6 is 0 Å². The van der Waals surface area contributed by atoms with E-state index in [9.17, 15) is 0 Å². The van der Waals surface area contributed by atoms with Gasteiger partial charge in [0.1, 0.15) is 0 Å². The highest BCUT2D eigenvalue weighted by Crippen LogP contribution is 2.19. The van der Waals surface area contributed by atoms with Gasteiger partial charge in [-0.05, 0) is 41.0 Å². The van der Waals surface area contributed by atoms with E-state index in [-0.39, 0.29) is 12.0 Å². The number of aromatic amines is 1. The molecule has 3 heteroatoms. The molecule has 0 radical (unpaired) electrons. The fraction of sp³-hybridized carbons (Fsp3) is 0.467. The van der Waals surface area contributed by atoms with E-state index in [1.54, 1.807) is 0 Å². The zero-order valence-electron chi connectivity index (χ0n) is 11.2. The third-order valence-corrected chi connectivity index (χ3v) is 3.34. The first kappa shape index (κ1) is 13.1. The third kappa shape index (κ3) is 3.34. The van der Waals surface area contributed by atoms with Gasteiger partial charge in [0, 0.05) is 31.4 Å². The highest BCUT2D eigenvalue weighted by Gasteiger charge is 2.16. The summed E-state index contributed by atoms with van der Waals surface area (Å²) in [5.41, 5.74) is 2.62. The van der Waals surface area contributed by atoms with Gasteiger partial charge in [0.15, 0.2) is 0 Å². The van der Waals surface area contributed by atoms with Gasteiger partial charge in [-0.2, -0.15) is 0 Å². The van der Waals surface area contributed by atoms with E-state index in [4.69, 9.17) is 5.11 Å². The Labute approximate surface area is 108 Å². The van der Waals surface area contributed by atoms with Crippen LogP contribution in [0.25, 0.3) is 10.9 Å². The Bertz CT molecular complexity index is 502. The van der Waals surface area contributed by atoms with Crippen LogP contribution < -0.4 is 5.32 Å². The SMILES string of the molecule is CC(C)(CCO)CNCc1ccc2[nH]ccc2c1. The number of hydrogen-bond acceptors (Lipinski definition) is 2. The Balaban J connectivity index is 1.90. The molecule has 2 aromatic rings. The van der Waals surface area contributed by atoms with Gasteiger partial charge in [-0.3, -0.25) is 0 Å². The summed E-state index contributed by atoms with van der Waals surface area (Å²) >= 11 is 0. The molecule has 0 spiro atoms. The minimum absolute atomic E-state index is 0.146. The van der Waals surface area contributed by atoms with E-state index in [2.05, 4.69) is 48.4 Å². The van der Waals surface area contributed by atoms with Gasteiger partial charge in [-0.1, -0.05) is 19.9 Å². The standard InChI is InChI=1S/C15H22N2O/c1-15(2,6-8-18)11-16-10-12-3-4-14-13(9-12)5-7-17-14/h3-5,7,9,16-18H,6,8,10-11H2,1-2H3. The Morgan fingerprint density at radius 1 is 1.28 bits per heavy atom. The van der Waals surface area contributed by atoms with Crippen molar-refractivity contribution < 1.29 is 5.11 Å². The Hall–Kier alpha value is -1.32. The quantitative estimate of drug-likeness (QED) is 0.734. The number of aliphatic hydroxyl groups is 1. The Kier molecular flexibility index (Phi) is 4.04. The van der Waals surface area contributed by atoms with E-state index in [0.717, 1.165) is 19.5 Å². The van der Waals surface area contributed by atoms with Crippen LogP contribution in [0, 0.1) is 5.41 Å². The highest BCUT2D eigenvalue weighted by molar-refractivity contribution is 5.79. The molecule has 0 saturated carbocycles. The van der Waals surface area contributed by atoms with E-state index in [0.29, 0.717) is 0 Å². The van der Waals surface area contributed by atoms with E-state index < -0.39 is 0 Å². The van der Waals surface area contributed by atoms with Crippen LogP contribution in [-0.4, -0.2) is 23.2 Å². The van der Waals surface area contributed by atoms with E-state index >= 15 is 0 Å². The fourth-order valence-corrected chi connectivity index (χ4v) is 2.15. The molecule has 0 aliphatic heterocycles. The summed E-state index contributed by atoms with van der Waals surface area (Å²) in [4.78, 5) is 3.20. The van der Waals surface area contributed by atoms with Crippen LogP contribution in [0.5, 0.6) is 0 Å². The maximum absolute atomic E-state index is 8.98. The van der Waals surface area contributed by atoms with Gasteiger partial charge in [0.2, 0.25) is 0 Å². The number of nitrogens with one attached hydrogen (secondary N) is 2. The number of aliphatic hydroxyl groups excluding tert-OH is 1. The molecule has 3 nitrogen and oxygen atoms in total. The zero-order chi connectivity index (χ0) is 13.0. The van der Waals surface area contributed by atoms with Crippen molar-refractivity contribution in [2.24, 2.45) is 5.41 Å². The first-order chi connectivity index (χ1) is 8.61. The van der Waals surface area contributed by atoms with Crippen molar-refractivity contribution in [2.45, 2.75) is 26.8 Å². The summed E-state index contributed by atoms with van der Waals surface area (Å²) in [6.45, 7) is 6.38. The molecule has 0 amide bonds. The number of aromatic nitrogens is 1. The summed E-state index contributed by atoms with van der Waals surface area (Å²) in [6.07, 6.45) is 2.79. The van der Waals surface area contributed by atoms with Crippen LogP contribution in [0.2, 0.25) is 0 Å². The second-order valence-electron chi connectivity index (χ2n) is 5.64. The van der Waals surface area contributed by atoms with Crippen molar-refractivity contribution in [3.8, 4) is 0 Å². The summed E-state index contributed by atoms with van der Waals surface area (Å²) in [6, 6.07) is 8.56. The number of benzene rings is 1. The van der Waals surface area contributed by atoms with Crippen molar-refractivity contribution in [1.29, 1.82) is 0 Å². The van der Waals surface area contributed by atoms with Crippen LogP contribution in [0.4, 0.5) is 0 Å². The lowest BCUT2D eigenvalue weighted by Gasteiger charge is -2.24. The van der Waals surface area contributed by atoms with Crippen LogP contribution in [0.15, 0.2) is 30.5 Å². The van der Waals surface area contributed by atoms with Crippen LogP contribution in [-0.2, 0) is 6.54 Å². The fourth-order valence-electron chi connectivity index (χ4n) is 2.15. The topological polar surface area (TPSA) is 48.0 Å². The number of H-pyrrole nitrogens is 1. The largest absolute Gasteiger partial charge is 0.396 e. The first-order valence-electron chi connectivity index (χ1n) is 6.48. The second kappa shape index (κ2) is 5.55. The number of hydrogen-bond donors (Lipinski definition) is 3. The smallest absolute Gasteiger partial charge is 0.0454 e. The average Bonchev–Trinajstić information content (AvgIpc) is 2.75. The lowest BCUT2D eigenvalue weighted by Crippen LogP contribution is -2.29. The molecule has 0 atom stereocenters. The van der Waals surface area contributed by atoms with Gasteiger partial charge < -0.3 is 15.4 Å². The van der Waals surface area contributed by atoms with Crippen molar-refractivity contribution in [2.75, 3.05) is 13.2 Å². The summed E-state index contributed by atoms with van der Waals surface area (Å²) in [5, 5.41) is 13.7. The lowest BCUT2D eigenvalue weighted by atomic mass is 9.90. The summed E-state index contributed by atoms with van der Waals surface area (Å²) in [7, 11) is 0. The second-order valence-corrected chi connectivity index (χ2v) is 5.64. The average molecular weight is 246 g/mol. The molecule has 0 aliphatic carbocycles. The third-order valence-electron chi connectivity index (χ3n) is 3.34. The predicted octanol–water partition coefficient (Wildman–Crippen LogP) is 2.67. The molecule has 0 saturated heterocycles. The maximum atomic E-state index is 8.98. The van der Waals surface area contributed by atoms with Gasteiger partial charge in [-0.25, -0.2) is 0 Å². The van der Waals surface area contributed by atoms with E-state index in [1.165, 1.54) is 16.5 Å². The maximum Gasteiger partial charge on any atom is 0.0454 e. The molecule has 2 rings (SSSR count). The normalized spacial score (nSPS) is 12.2. The molecule has 1 heterocycles. The highest BCUT2D eigenvalue weighted by atomic mass is 16.3.